The minimum Gasteiger partial charge on any atom is -0.465 e. The Morgan fingerprint density at radius 2 is 1.90 bits per heavy atom. The van der Waals surface area contributed by atoms with Crippen LogP contribution in [0, 0.1) is 0 Å². The molecule has 0 aromatic heterocycles. The number of hydrogen-bond donors (Lipinski definition) is 1. The van der Waals surface area contributed by atoms with Gasteiger partial charge in [0.1, 0.15) is 6.04 Å². The zero-order chi connectivity index (χ0) is 15.2. The topological polar surface area (TPSA) is 58.6 Å². The molecule has 1 aliphatic rings. The van der Waals surface area contributed by atoms with Crippen molar-refractivity contribution < 1.29 is 14.3 Å². The van der Waals surface area contributed by atoms with Crippen molar-refractivity contribution in [2.45, 2.75) is 38.4 Å². The van der Waals surface area contributed by atoms with Gasteiger partial charge in [-0.25, -0.2) is 0 Å². The largest absolute Gasteiger partial charge is 0.465 e. The Morgan fingerprint density at radius 3 is 2.57 bits per heavy atom. The summed E-state index contributed by atoms with van der Waals surface area (Å²) in [5.74, 6) is -0.272. The van der Waals surface area contributed by atoms with E-state index in [0.29, 0.717) is 26.0 Å². The zero-order valence-electron chi connectivity index (χ0n) is 12.5. The molecule has 1 amide bonds. The van der Waals surface area contributed by atoms with Crippen LogP contribution in [0.1, 0.15) is 25.3 Å². The minimum absolute atomic E-state index is 0.0341. The summed E-state index contributed by atoms with van der Waals surface area (Å²) < 4.78 is 5.04. The number of rotatable bonds is 5. The second-order valence-corrected chi connectivity index (χ2v) is 5.23. The molecular formula is C16H22N2O3. The molecule has 114 valence electrons. The van der Waals surface area contributed by atoms with Gasteiger partial charge in [-0.2, -0.15) is 0 Å². The van der Waals surface area contributed by atoms with Gasteiger partial charge in [-0.15, -0.1) is 0 Å². The summed E-state index contributed by atoms with van der Waals surface area (Å²) in [4.78, 5) is 25.9. The van der Waals surface area contributed by atoms with E-state index in [9.17, 15) is 9.59 Å². The molecule has 5 nitrogen and oxygen atoms in total. The van der Waals surface area contributed by atoms with Gasteiger partial charge in [-0.1, -0.05) is 30.3 Å². The highest BCUT2D eigenvalue weighted by Crippen LogP contribution is 2.23. The van der Waals surface area contributed by atoms with Crippen LogP contribution < -0.4 is 5.32 Å². The number of esters is 1. The molecule has 0 bridgehead atoms. The van der Waals surface area contributed by atoms with Crippen molar-refractivity contribution in [2.75, 3.05) is 13.7 Å². The molecule has 0 radical (unpaired) electrons. The normalized spacial score (nSPS) is 22.0. The summed E-state index contributed by atoms with van der Waals surface area (Å²) >= 11 is 0. The van der Waals surface area contributed by atoms with E-state index in [1.54, 1.807) is 14.0 Å². The standard InChI is InChI=1S/C16H22N2O3/c1-3-21-16(20)14-10-9-13(18(14)2)15(19)17-11-12-7-5-4-6-8-12/h4-8,13-14H,3,9-11H2,1-2H3,(H,17,19)/t13-,14+/m1/s1. The van der Waals surface area contributed by atoms with E-state index < -0.39 is 0 Å². The third kappa shape index (κ3) is 3.82. The van der Waals surface area contributed by atoms with Gasteiger partial charge in [-0.3, -0.25) is 14.5 Å². The van der Waals surface area contributed by atoms with E-state index >= 15 is 0 Å². The lowest BCUT2D eigenvalue weighted by Gasteiger charge is -2.23. The molecule has 1 N–H and O–H groups in total. The monoisotopic (exact) mass is 290 g/mol. The first-order chi connectivity index (χ1) is 10.1. The Morgan fingerprint density at radius 1 is 1.24 bits per heavy atom. The van der Waals surface area contributed by atoms with Crippen molar-refractivity contribution in [3.05, 3.63) is 35.9 Å². The van der Waals surface area contributed by atoms with Crippen LogP contribution in [0.4, 0.5) is 0 Å². The quantitative estimate of drug-likeness (QED) is 0.831. The van der Waals surface area contributed by atoms with E-state index in [2.05, 4.69) is 5.32 Å². The van der Waals surface area contributed by atoms with Crippen LogP contribution in [-0.4, -0.2) is 42.5 Å². The van der Waals surface area contributed by atoms with Crippen LogP contribution in [0.3, 0.4) is 0 Å². The Hall–Kier alpha value is -1.88. The Balaban J connectivity index is 1.87. The van der Waals surface area contributed by atoms with E-state index in [4.69, 9.17) is 4.74 Å². The van der Waals surface area contributed by atoms with Gasteiger partial charge in [-0.05, 0) is 32.4 Å². The number of benzene rings is 1. The van der Waals surface area contributed by atoms with Gasteiger partial charge < -0.3 is 10.1 Å². The number of ether oxygens (including phenoxy) is 1. The first kappa shape index (κ1) is 15.5. The second-order valence-electron chi connectivity index (χ2n) is 5.23. The fourth-order valence-electron chi connectivity index (χ4n) is 2.68. The highest BCUT2D eigenvalue weighted by Gasteiger charge is 2.39. The van der Waals surface area contributed by atoms with Gasteiger partial charge in [0, 0.05) is 6.54 Å². The second kappa shape index (κ2) is 7.22. The molecule has 1 saturated heterocycles. The van der Waals surface area contributed by atoms with Gasteiger partial charge >= 0.3 is 5.97 Å². The number of nitrogens with one attached hydrogen (secondary N) is 1. The lowest BCUT2D eigenvalue weighted by molar-refractivity contribution is -0.148. The fraction of sp³-hybridized carbons (Fsp3) is 0.500. The van der Waals surface area contributed by atoms with Crippen molar-refractivity contribution in [3.63, 3.8) is 0 Å². The third-order valence-corrected chi connectivity index (χ3v) is 3.87. The molecule has 5 heteroatoms. The fourth-order valence-corrected chi connectivity index (χ4v) is 2.68. The van der Waals surface area contributed by atoms with Crippen LogP contribution in [0.15, 0.2) is 30.3 Å². The van der Waals surface area contributed by atoms with Gasteiger partial charge in [0.2, 0.25) is 5.91 Å². The van der Waals surface area contributed by atoms with Crippen molar-refractivity contribution in [1.82, 2.24) is 10.2 Å². The van der Waals surface area contributed by atoms with Crippen LogP contribution in [0.25, 0.3) is 0 Å². The molecule has 0 spiro atoms. The SMILES string of the molecule is CCOC(=O)[C@@H]1CC[C@H](C(=O)NCc2ccccc2)N1C. The highest BCUT2D eigenvalue weighted by molar-refractivity contribution is 5.84. The first-order valence-corrected chi connectivity index (χ1v) is 7.33. The minimum atomic E-state index is -0.308. The van der Waals surface area contributed by atoms with Crippen molar-refractivity contribution >= 4 is 11.9 Å². The molecule has 1 heterocycles. The number of likely N-dealkylation sites (tertiary alicyclic amines) is 1. The van der Waals surface area contributed by atoms with Crippen molar-refractivity contribution in [3.8, 4) is 0 Å². The Bertz CT molecular complexity index is 490. The average Bonchev–Trinajstić information content (AvgIpc) is 2.88. The zero-order valence-corrected chi connectivity index (χ0v) is 12.5. The van der Waals surface area contributed by atoms with E-state index in [-0.39, 0.29) is 24.0 Å². The predicted octanol–water partition coefficient (Wildman–Crippen LogP) is 1.33. The first-order valence-electron chi connectivity index (χ1n) is 7.33. The number of hydrogen-bond acceptors (Lipinski definition) is 4. The van der Waals surface area contributed by atoms with Gasteiger partial charge in [0.25, 0.3) is 0 Å². The predicted molar refractivity (Wildman–Crippen MR) is 79.5 cm³/mol. The maximum absolute atomic E-state index is 12.3. The maximum atomic E-state index is 12.3. The van der Waals surface area contributed by atoms with E-state index in [1.165, 1.54) is 0 Å². The maximum Gasteiger partial charge on any atom is 0.323 e. The number of likely N-dealkylation sites (N-methyl/N-ethyl adjacent to an activating group) is 1. The summed E-state index contributed by atoms with van der Waals surface area (Å²) in [6.07, 6.45) is 1.35. The van der Waals surface area contributed by atoms with E-state index in [1.807, 2.05) is 35.2 Å². The molecule has 2 atom stereocenters. The Labute approximate surface area is 125 Å². The summed E-state index contributed by atoms with van der Waals surface area (Å²) in [7, 11) is 1.81. The Kier molecular flexibility index (Phi) is 5.33. The molecule has 0 saturated carbocycles. The number of amides is 1. The van der Waals surface area contributed by atoms with Gasteiger partial charge in [0.15, 0.2) is 0 Å². The van der Waals surface area contributed by atoms with Crippen LogP contribution in [0.5, 0.6) is 0 Å². The van der Waals surface area contributed by atoms with Crippen LogP contribution in [-0.2, 0) is 20.9 Å². The van der Waals surface area contributed by atoms with E-state index in [0.717, 1.165) is 5.56 Å². The highest BCUT2D eigenvalue weighted by atomic mass is 16.5. The molecule has 1 aliphatic heterocycles. The molecule has 21 heavy (non-hydrogen) atoms. The van der Waals surface area contributed by atoms with Gasteiger partial charge in [0.05, 0.1) is 12.6 Å². The summed E-state index contributed by atoms with van der Waals surface area (Å²) in [5, 5.41) is 2.93. The molecule has 0 unspecified atom stereocenters. The van der Waals surface area contributed by atoms with Crippen molar-refractivity contribution in [2.24, 2.45) is 0 Å². The lowest BCUT2D eigenvalue weighted by Crippen LogP contribution is -2.46. The summed E-state index contributed by atoms with van der Waals surface area (Å²) in [6.45, 7) is 2.67. The average molecular weight is 290 g/mol. The molecular weight excluding hydrogens is 268 g/mol. The van der Waals surface area contributed by atoms with Crippen LogP contribution in [0.2, 0.25) is 0 Å². The summed E-state index contributed by atoms with van der Waals surface area (Å²) in [5.41, 5.74) is 1.06. The lowest BCUT2D eigenvalue weighted by atomic mass is 10.1. The van der Waals surface area contributed by atoms with Crippen LogP contribution >= 0.6 is 0 Å². The molecule has 1 aromatic rings. The molecule has 1 aromatic carbocycles. The number of carbonyl (C=O) groups excluding carboxylic acids is 2. The molecule has 0 aliphatic carbocycles. The smallest absolute Gasteiger partial charge is 0.323 e. The molecule has 1 fully saturated rings. The summed E-state index contributed by atoms with van der Waals surface area (Å²) in [6, 6.07) is 9.21. The third-order valence-electron chi connectivity index (χ3n) is 3.87. The molecule has 2 rings (SSSR count). The van der Waals surface area contributed by atoms with Crippen molar-refractivity contribution in [1.29, 1.82) is 0 Å². The number of carbonyl (C=O) groups is 2. The number of nitrogens with zero attached hydrogens (tertiary/aromatic N) is 1.